The average molecular weight is 425 g/mol. The molecule has 1 fully saturated rings. The standard InChI is InChI=1S/C20H24N2O4S.ClH/c1-14-2-4-17(27-14)12-22(20(23)10-15-13-24-7-6-21-15)16-3-5-18-19(11-16)26-9-8-25-18;/h2-5,11,15,21H,6-10,12-13H2,1H3;1H. The number of hydrogen-bond acceptors (Lipinski definition) is 6. The van der Waals surface area contributed by atoms with Crippen LogP contribution in [0.2, 0.25) is 0 Å². The first-order chi connectivity index (χ1) is 13.2. The summed E-state index contributed by atoms with van der Waals surface area (Å²) in [6, 6.07) is 9.93. The summed E-state index contributed by atoms with van der Waals surface area (Å²) in [5, 5.41) is 3.36. The van der Waals surface area contributed by atoms with E-state index in [0.717, 1.165) is 22.9 Å². The van der Waals surface area contributed by atoms with Crippen LogP contribution >= 0.6 is 23.7 Å². The second kappa shape index (κ2) is 9.60. The molecule has 1 unspecified atom stereocenters. The molecular formula is C20H25ClN2O4S. The maximum Gasteiger partial charge on any atom is 0.228 e. The largest absolute Gasteiger partial charge is 0.486 e. The minimum absolute atomic E-state index is 0. The summed E-state index contributed by atoms with van der Waals surface area (Å²) < 4.78 is 16.8. The quantitative estimate of drug-likeness (QED) is 0.798. The molecule has 0 aliphatic carbocycles. The van der Waals surface area contributed by atoms with Gasteiger partial charge in [-0.15, -0.1) is 23.7 Å². The normalized spacial score (nSPS) is 18.2. The second-order valence-corrected chi connectivity index (χ2v) is 8.12. The van der Waals surface area contributed by atoms with E-state index in [1.807, 2.05) is 23.1 Å². The molecule has 1 N–H and O–H groups in total. The summed E-state index contributed by atoms with van der Waals surface area (Å²) in [7, 11) is 0. The van der Waals surface area contributed by atoms with Gasteiger partial charge in [-0.25, -0.2) is 0 Å². The van der Waals surface area contributed by atoms with Crippen molar-refractivity contribution in [2.45, 2.75) is 25.9 Å². The van der Waals surface area contributed by atoms with E-state index in [1.165, 1.54) is 4.88 Å². The molecule has 28 heavy (non-hydrogen) atoms. The number of rotatable bonds is 5. The Morgan fingerprint density at radius 1 is 1.18 bits per heavy atom. The number of nitrogens with zero attached hydrogens (tertiary/aromatic N) is 1. The zero-order chi connectivity index (χ0) is 18.6. The SMILES string of the molecule is Cc1ccc(CN(C(=O)CC2COCCN2)c2ccc3c(c2)OCCO3)s1.Cl. The highest BCUT2D eigenvalue weighted by Gasteiger charge is 2.24. The van der Waals surface area contributed by atoms with E-state index in [1.54, 1.807) is 11.3 Å². The molecule has 3 heterocycles. The molecule has 1 atom stereocenters. The van der Waals surface area contributed by atoms with Gasteiger partial charge in [-0.3, -0.25) is 4.79 Å². The van der Waals surface area contributed by atoms with Gasteiger partial charge in [0.2, 0.25) is 5.91 Å². The Kier molecular flexibility index (Phi) is 7.18. The minimum atomic E-state index is 0. The number of hydrogen-bond donors (Lipinski definition) is 1. The molecule has 0 bridgehead atoms. The van der Waals surface area contributed by atoms with Crippen molar-refractivity contribution in [1.29, 1.82) is 0 Å². The zero-order valence-corrected chi connectivity index (χ0v) is 17.4. The molecule has 152 valence electrons. The summed E-state index contributed by atoms with van der Waals surface area (Å²) >= 11 is 1.71. The van der Waals surface area contributed by atoms with Gasteiger partial charge in [-0.05, 0) is 31.2 Å². The number of fused-ring (bicyclic) bond motifs is 1. The molecule has 2 aliphatic rings. The molecule has 0 saturated carbocycles. The molecule has 1 amide bonds. The Balaban J connectivity index is 0.00000225. The summed E-state index contributed by atoms with van der Waals surface area (Å²) in [6.07, 6.45) is 0.402. The maximum atomic E-state index is 13.2. The summed E-state index contributed by atoms with van der Waals surface area (Å²) in [4.78, 5) is 17.4. The molecule has 1 aromatic heterocycles. The minimum Gasteiger partial charge on any atom is -0.486 e. The van der Waals surface area contributed by atoms with Crippen LogP contribution in [-0.2, 0) is 16.1 Å². The highest BCUT2D eigenvalue weighted by Crippen LogP contribution is 2.35. The van der Waals surface area contributed by atoms with Crippen LogP contribution < -0.4 is 19.7 Å². The van der Waals surface area contributed by atoms with Gasteiger partial charge in [0.15, 0.2) is 11.5 Å². The van der Waals surface area contributed by atoms with Gasteiger partial charge in [0, 0.05) is 40.5 Å². The molecule has 1 saturated heterocycles. The summed E-state index contributed by atoms with van der Waals surface area (Å²) in [5.41, 5.74) is 0.826. The van der Waals surface area contributed by atoms with Crippen LogP contribution in [-0.4, -0.2) is 44.9 Å². The molecule has 2 aliphatic heterocycles. The van der Waals surface area contributed by atoms with E-state index in [9.17, 15) is 4.79 Å². The highest BCUT2D eigenvalue weighted by molar-refractivity contribution is 7.11. The summed E-state index contributed by atoms with van der Waals surface area (Å²) in [5.74, 6) is 1.49. The van der Waals surface area contributed by atoms with Crippen molar-refractivity contribution in [3.05, 3.63) is 40.1 Å². The van der Waals surface area contributed by atoms with Crippen LogP contribution in [0.4, 0.5) is 5.69 Å². The number of morpholine rings is 1. The zero-order valence-electron chi connectivity index (χ0n) is 15.8. The first-order valence-corrected chi connectivity index (χ1v) is 10.1. The first-order valence-electron chi connectivity index (χ1n) is 9.25. The van der Waals surface area contributed by atoms with Crippen molar-refractivity contribution in [2.24, 2.45) is 0 Å². The fourth-order valence-corrected chi connectivity index (χ4v) is 4.20. The molecular weight excluding hydrogens is 400 g/mol. The monoisotopic (exact) mass is 424 g/mol. The molecule has 6 nitrogen and oxygen atoms in total. The van der Waals surface area contributed by atoms with Crippen molar-refractivity contribution < 1.29 is 19.0 Å². The van der Waals surface area contributed by atoms with Crippen molar-refractivity contribution in [1.82, 2.24) is 5.32 Å². The van der Waals surface area contributed by atoms with Crippen LogP contribution in [0.3, 0.4) is 0 Å². The first kappa shape index (κ1) is 20.9. The molecule has 4 rings (SSSR count). The lowest BCUT2D eigenvalue weighted by molar-refractivity contribution is -0.119. The van der Waals surface area contributed by atoms with Gasteiger partial charge in [-0.2, -0.15) is 0 Å². The van der Waals surface area contributed by atoms with Crippen molar-refractivity contribution in [3.63, 3.8) is 0 Å². The van der Waals surface area contributed by atoms with Crippen LogP contribution in [0.15, 0.2) is 30.3 Å². The third-order valence-corrected chi connectivity index (χ3v) is 5.65. The van der Waals surface area contributed by atoms with Gasteiger partial charge in [0.25, 0.3) is 0 Å². The predicted molar refractivity (Wildman–Crippen MR) is 112 cm³/mol. The van der Waals surface area contributed by atoms with Gasteiger partial charge in [-0.1, -0.05) is 0 Å². The summed E-state index contributed by atoms with van der Waals surface area (Å²) in [6.45, 7) is 5.75. The van der Waals surface area contributed by atoms with Gasteiger partial charge in [0.1, 0.15) is 13.2 Å². The third kappa shape index (κ3) is 4.97. The van der Waals surface area contributed by atoms with E-state index in [4.69, 9.17) is 14.2 Å². The van der Waals surface area contributed by atoms with E-state index < -0.39 is 0 Å². The highest BCUT2D eigenvalue weighted by atomic mass is 35.5. The van der Waals surface area contributed by atoms with E-state index >= 15 is 0 Å². The van der Waals surface area contributed by atoms with Crippen molar-refractivity contribution >= 4 is 35.3 Å². The van der Waals surface area contributed by atoms with E-state index in [-0.39, 0.29) is 24.4 Å². The number of benzene rings is 1. The average Bonchev–Trinajstić information content (AvgIpc) is 3.11. The molecule has 1 aromatic carbocycles. The number of aryl methyl sites for hydroxylation is 1. The number of carbonyl (C=O) groups excluding carboxylic acids is 1. The van der Waals surface area contributed by atoms with E-state index in [0.29, 0.717) is 45.1 Å². The van der Waals surface area contributed by atoms with Gasteiger partial charge < -0.3 is 24.4 Å². The van der Waals surface area contributed by atoms with Crippen LogP contribution in [0.25, 0.3) is 0 Å². The second-order valence-electron chi connectivity index (χ2n) is 6.75. The molecule has 2 aromatic rings. The fraction of sp³-hybridized carbons (Fsp3) is 0.450. The lowest BCUT2D eigenvalue weighted by atomic mass is 10.1. The Hall–Kier alpha value is -1.80. The number of amides is 1. The number of carbonyl (C=O) groups is 1. The van der Waals surface area contributed by atoms with Crippen molar-refractivity contribution in [2.75, 3.05) is 37.9 Å². The van der Waals surface area contributed by atoms with Crippen LogP contribution in [0.1, 0.15) is 16.2 Å². The van der Waals surface area contributed by atoms with Gasteiger partial charge in [0.05, 0.1) is 19.8 Å². The Morgan fingerprint density at radius 3 is 2.71 bits per heavy atom. The third-order valence-electron chi connectivity index (χ3n) is 4.67. The molecule has 8 heteroatoms. The number of ether oxygens (including phenoxy) is 3. The molecule has 0 radical (unpaired) electrons. The number of halogens is 1. The van der Waals surface area contributed by atoms with E-state index in [2.05, 4.69) is 24.4 Å². The Morgan fingerprint density at radius 2 is 2.00 bits per heavy atom. The van der Waals surface area contributed by atoms with Gasteiger partial charge >= 0.3 is 0 Å². The molecule has 0 spiro atoms. The Labute approximate surface area is 175 Å². The smallest absolute Gasteiger partial charge is 0.228 e. The predicted octanol–water partition coefficient (Wildman–Crippen LogP) is 3.16. The lowest BCUT2D eigenvalue weighted by Gasteiger charge is -2.28. The number of nitrogens with one attached hydrogen (secondary N) is 1. The van der Waals surface area contributed by atoms with Crippen LogP contribution in [0.5, 0.6) is 11.5 Å². The van der Waals surface area contributed by atoms with Crippen molar-refractivity contribution in [3.8, 4) is 11.5 Å². The maximum absolute atomic E-state index is 13.2. The lowest BCUT2D eigenvalue weighted by Crippen LogP contribution is -2.45. The fourth-order valence-electron chi connectivity index (χ4n) is 3.32. The number of anilines is 1. The topological polar surface area (TPSA) is 60.0 Å². The number of thiophene rings is 1. The Bertz CT molecular complexity index is 807. The van der Waals surface area contributed by atoms with Crippen LogP contribution in [0, 0.1) is 6.92 Å².